The molecule has 0 unspecified atom stereocenters. The minimum Gasteiger partial charge on any atom is -0.377 e. The topological polar surface area (TPSA) is 20.3 Å². The molecule has 1 aliphatic heterocycles. The SMILES string of the molecule is CN1CCC2=C1CC(C)(C)CC2=O. The van der Waals surface area contributed by atoms with Gasteiger partial charge in [-0.05, 0) is 18.3 Å². The molecule has 0 N–H and O–H groups in total. The van der Waals surface area contributed by atoms with Crippen LogP contribution in [-0.2, 0) is 4.79 Å². The lowest BCUT2D eigenvalue weighted by Gasteiger charge is -2.32. The zero-order valence-corrected chi connectivity index (χ0v) is 8.68. The van der Waals surface area contributed by atoms with E-state index in [1.807, 2.05) is 0 Å². The number of ketones is 1. The van der Waals surface area contributed by atoms with Crippen LogP contribution in [0.1, 0.15) is 33.1 Å². The molecule has 0 radical (unpaired) electrons. The molecule has 0 aromatic carbocycles. The molecule has 0 aromatic rings. The molecule has 0 atom stereocenters. The lowest BCUT2D eigenvalue weighted by atomic mass is 9.76. The molecule has 2 heteroatoms. The van der Waals surface area contributed by atoms with Crippen LogP contribution in [0.2, 0.25) is 0 Å². The molecule has 0 saturated heterocycles. The first-order valence-electron chi connectivity index (χ1n) is 4.96. The molecule has 0 amide bonds. The Morgan fingerprint density at radius 3 is 2.69 bits per heavy atom. The fraction of sp³-hybridized carbons (Fsp3) is 0.727. The third-order valence-corrected chi connectivity index (χ3v) is 3.13. The minimum absolute atomic E-state index is 0.175. The van der Waals surface area contributed by atoms with Crippen molar-refractivity contribution in [1.82, 2.24) is 4.90 Å². The van der Waals surface area contributed by atoms with Gasteiger partial charge in [0.2, 0.25) is 0 Å². The average Bonchev–Trinajstić information content (AvgIpc) is 2.30. The van der Waals surface area contributed by atoms with Crippen LogP contribution in [0.3, 0.4) is 0 Å². The molecule has 13 heavy (non-hydrogen) atoms. The largest absolute Gasteiger partial charge is 0.377 e. The molecule has 1 heterocycles. The number of allylic oxidation sites excluding steroid dienone is 1. The Hall–Kier alpha value is -0.790. The van der Waals surface area contributed by atoms with E-state index in [1.165, 1.54) is 5.70 Å². The summed E-state index contributed by atoms with van der Waals surface area (Å²) in [4.78, 5) is 14.0. The predicted molar refractivity (Wildman–Crippen MR) is 52.3 cm³/mol. The summed E-state index contributed by atoms with van der Waals surface area (Å²) in [5.74, 6) is 0.385. The summed E-state index contributed by atoms with van der Waals surface area (Å²) in [5.41, 5.74) is 2.59. The summed E-state index contributed by atoms with van der Waals surface area (Å²) in [7, 11) is 2.09. The maximum Gasteiger partial charge on any atom is 0.161 e. The average molecular weight is 179 g/mol. The highest BCUT2D eigenvalue weighted by molar-refractivity contribution is 5.97. The van der Waals surface area contributed by atoms with Crippen LogP contribution in [0.15, 0.2) is 11.3 Å². The highest BCUT2D eigenvalue weighted by Crippen LogP contribution is 2.41. The van der Waals surface area contributed by atoms with Gasteiger partial charge in [0.1, 0.15) is 0 Å². The van der Waals surface area contributed by atoms with Gasteiger partial charge in [0, 0.05) is 31.3 Å². The van der Waals surface area contributed by atoms with Crippen molar-refractivity contribution in [3.05, 3.63) is 11.3 Å². The highest BCUT2D eigenvalue weighted by Gasteiger charge is 2.36. The van der Waals surface area contributed by atoms with Crippen LogP contribution in [0.5, 0.6) is 0 Å². The van der Waals surface area contributed by atoms with Crippen molar-refractivity contribution >= 4 is 5.78 Å². The van der Waals surface area contributed by atoms with Crippen LogP contribution in [-0.4, -0.2) is 24.3 Å². The number of carbonyl (C=O) groups excluding carboxylic acids is 1. The monoisotopic (exact) mass is 179 g/mol. The number of carbonyl (C=O) groups is 1. The molecule has 2 rings (SSSR count). The maximum absolute atomic E-state index is 11.8. The van der Waals surface area contributed by atoms with E-state index < -0.39 is 0 Å². The Morgan fingerprint density at radius 2 is 2.00 bits per heavy atom. The fourth-order valence-electron chi connectivity index (χ4n) is 2.39. The second-order valence-electron chi connectivity index (χ2n) is 5.04. The first kappa shape index (κ1) is 8.79. The molecule has 2 nitrogen and oxygen atoms in total. The number of Topliss-reactive ketones (excluding diaryl/α,β-unsaturated/α-hetero) is 1. The van der Waals surface area contributed by atoms with E-state index in [2.05, 4.69) is 25.8 Å². The summed E-state index contributed by atoms with van der Waals surface area (Å²) < 4.78 is 0. The van der Waals surface area contributed by atoms with Crippen LogP contribution in [0.4, 0.5) is 0 Å². The third-order valence-electron chi connectivity index (χ3n) is 3.13. The van der Waals surface area contributed by atoms with Gasteiger partial charge in [0.05, 0.1) is 0 Å². The van der Waals surface area contributed by atoms with E-state index in [1.54, 1.807) is 0 Å². The van der Waals surface area contributed by atoms with E-state index in [-0.39, 0.29) is 5.41 Å². The van der Waals surface area contributed by atoms with Gasteiger partial charge in [-0.15, -0.1) is 0 Å². The van der Waals surface area contributed by atoms with Gasteiger partial charge in [0.25, 0.3) is 0 Å². The van der Waals surface area contributed by atoms with Gasteiger partial charge in [-0.1, -0.05) is 13.8 Å². The fourth-order valence-corrected chi connectivity index (χ4v) is 2.39. The van der Waals surface area contributed by atoms with Crippen molar-refractivity contribution in [2.24, 2.45) is 5.41 Å². The number of hydrogen-bond acceptors (Lipinski definition) is 2. The molecule has 0 saturated carbocycles. The Balaban J connectivity index is 2.35. The summed E-state index contributed by atoms with van der Waals surface area (Å²) in [5, 5.41) is 0. The summed E-state index contributed by atoms with van der Waals surface area (Å²) >= 11 is 0. The zero-order valence-electron chi connectivity index (χ0n) is 8.68. The molecule has 0 fully saturated rings. The third kappa shape index (κ3) is 1.38. The first-order valence-corrected chi connectivity index (χ1v) is 4.96. The van der Waals surface area contributed by atoms with Crippen LogP contribution in [0, 0.1) is 5.41 Å². The quantitative estimate of drug-likeness (QED) is 0.566. The van der Waals surface area contributed by atoms with E-state index >= 15 is 0 Å². The lowest BCUT2D eigenvalue weighted by molar-refractivity contribution is -0.118. The van der Waals surface area contributed by atoms with Crippen molar-refractivity contribution < 1.29 is 4.79 Å². The van der Waals surface area contributed by atoms with E-state index in [0.717, 1.165) is 31.4 Å². The van der Waals surface area contributed by atoms with Gasteiger partial charge in [-0.2, -0.15) is 0 Å². The molecule has 72 valence electrons. The first-order chi connectivity index (χ1) is 5.99. The molecule has 0 aromatic heterocycles. The van der Waals surface area contributed by atoms with E-state index in [0.29, 0.717) is 5.78 Å². The second kappa shape index (κ2) is 2.60. The van der Waals surface area contributed by atoms with Crippen molar-refractivity contribution in [3.8, 4) is 0 Å². The zero-order chi connectivity index (χ0) is 9.64. The van der Waals surface area contributed by atoms with E-state index in [9.17, 15) is 4.79 Å². The van der Waals surface area contributed by atoms with Crippen LogP contribution >= 0.6 is 0 Å². The summed E-state index contributed by atoms with van der Waals surface area (Å²) in [6.07, 6.45) is 2.78. The predicted octanol–water partition coefficient (Wildman–Crippen LogP) is 1.97. The Morgan fingerprint density at radius 1 is 1.31 bits per heavy atom. The Labute approximate surface area is 79.6 Å². The van der Waals surface area contributed by atoms with Gasteiger partial charge in [-0.3, -0.25) is 4.79 Å². The van der Waals surface area contributed by atoms with Gasteiger partial charge in [0.15, 0.2) is 5.78 Å². The Kier molecular flexibility index (Phi) is 1.76. The number of rotatable bonds is 0. The standard InChI is InChI=1S/C11H17NO/c1-11(2)6-9-8(10(13)7-11)4-5-12(9)3/h4-7H2,1-3H3. The van der Waals surface area contributed by atoms with Gasteiger partial charge < -0.3 is 4.90 Å². The molecule has 2 aliphatic rings. The normalized spacial score (nSPS) is 26.7. The second-order valence-corrected chi connectivity index (χ2v) is 5.04. The smallest absolute Gasteiger partial charge is 0.161 e. The Bertz CT molecular complexity index is 288. The van der Waals surface area contributed by atoms with Gasteiger partial charge in [-0.25, -0.2) is 0 Å². The molecule has 1 aliphatic carbocycles. The van der Waals surface area contributed by atoms with Crippen molar-refractivity contribution in [1.29, 1.82) is 0 Å². The number of nitrogens with zero attached hydrogens (tertiary/aromatic N) is 1. The lowest BCUT2D eigenvalue weighted by Crippen LogP contribution is -2.27. The van der Waals surface area contributed by atoms with Crippen molar-refractivity contribution in [2.45, 2.75) is 33.1 Å². The van der Waals surface area contributed by atoms with Crippen LogP contribution in [0.25, 0.3) is 0 Å². The van der Waals surface area contributed by atoms with E-state index in [4.69, 9.17) is 0 Å². The van der Waals surface area contributed by atoms with Crippen molar-refractivity contribution in [2.75, 3.05) is 13.6 Å². The summed E-state index contributed by atoms with van der Waals surface area (Å²) in [6.45, 7) is 5.40. The number of hydrogen-bond donors (Lipinski definition) is 0. The summed E-state index contributed by atoms with van der Waals surface area (Å²) in [6, 6.07) is 0. The molecule has 0 bridgehead atoms. The molecular formula is C11H17NO. The highest BCUT2D eigenvalue weighted by atomic mass is 16.1. The maximum atomic E-state index is 11.8. The van der Waals surface area contributed by atoms with Crippen molar-refractivity contribution in [3.63, 3.8) is 0 Å². The molecule has 0 spiro atoms. The van der Waals surface area contributed by atoms with Gasteiger partial charge >= 0.3 is 0 Å². The molecular weight excluding hydrogens is 162 g/mol. The minimum atomic E-state index is 0.175. The van der Waals surface area contributed by atoms with Crippen LogP contribution < -0.4 is 0 Å².